The predicted molar refractivity (Wildman–Crippen MR) is 108 cm³/mol. The number of anilines is 1. The van der Waals surface area contributed by atoms with Crippen LogP contribution in [0, 0.1) is 19.9 Å². The summed E-state index contributed by atoms with van der Waals surface area (Å²) in [5.74, 6) is 3.23. The van der Waals surface area contributed by atoms with Gasteiger partial charge in [0, 0.05) is 5.69 Å². The maximum absolute atomic E-state index is 6.42. The van der Waals surface area contributed by atoms with Gasteiger partial charge in [0.25, 0.3) is 0 Å². The Hall–Kier alpha value is -1.96. The first kappa shape index (κ1) is 17.5. The van der Waals surface area contributed by atoms with Gasteiger partial charge in [-0.1, -0.05) is 25.7 Å². The minimum absolute atomic E-state index is 0.657. The molecular weight excluding hydrogens is 318 g/mol. The van der Waals surface area contributed by atoms with Crippen LogP contribution in [0.2, 0.25) is 0 Å². The first-order valence-electron chi connectivity index (χ1n) is 10.2. The van der Waals surface area contributed by atoms with Gasteiger partial charge in [0.15, 0.2) is 0 Å². The molecule has 0 atom stereocenters. The largest absolute Gasteiger partial charge is 0.457 e. The predicted octanol–water partition coefficient (Wildman–Crippen LogP) is 6.79. The smallest absolute Gasteiger partial charge is 0.133 e. The quantitative estimate of drug-likeness (QED) is 0.617. The summed E-state index contributed by atoms with van der Waals surface area (Å²) in [5.41, 5.74) is 12.0. The fraction of sp³-hybridized carbons (Fsp3) is 0.500. The second kappa shape index (κ2) is 7.34. The number of nitrogen functional groups attached to an aromatic ring is 1. The molecule has 26 heavy (non-hydrogen) atoms. The molecule has 2 nitrogen and oxygen atoms in total. The highest BCUT2D eigenvalue weighted by molar-refractivity contribution is 5.54. The van der Waals surface area contributed by atoms with Gasteiger partial charge in [-0.05, 0) is 104 Å². The van der Waals surface area contributed by atoms with Crippen molar-refractivity contribution >= 4 is 5.69 Å². The number of rotatable bonds is 4. The van der Waals surface area contributed by atoms with Gasteiger partial charge in [-0.3, -0.25) is 0 Å². The Morgan fingerprint density at radius 2 is 1.27 bits per heavy atom. The SMILES string of the molecule is Cc1c(C2CCCC2)[c]c(C2CCCC2)c(C)c1Oc1ccc(N)cc1. The van der Waals surface area contributed by atoms with Crippen molar-refractivity contribution in [3.8, 4) is 11.5 Å². The Balaban J connectivity index is 1.77. The average Bonchev–Trinajstić information content (AvgIpc) is 3.34. The van der Waals surface area contributed by atoms with Crippen molar-refractivity contribution in [1.82, 2.24) is 0 Å². The van der Waals surface area contributed by atoms with Gasteiger partial charge < -0.3 is 10.5 Å². The minimum atomic E-state index is 0.657. The van der Waals surface area contributed by atoms with E-state index in [0.717, 1.165) is 17.2 Å². The number of ether oxygens (including phenoxy) is 1. The lowest BCUT2D eigenvalue weighted by Crippen LogP contribution is -2.06. The van der Waals surface area contributed by atoms with Crippen molar-refractivity contribution in [2.45, 2.75) is 77.0 Å². The molecule has 0 aliphatic heterocycles. The molecule has 0 aromatic heterocycles. The molecule has 2 fully saturated rings. The number of benzene rings is 2. The zero-order valence-corrected chi connectivity index (χ0v) is 16.1. The third-order valence-corrected chi connectivity index (χ3v) is 6.39. The molecule has 0 saturated heterocycles. The summed E-state index contributed by atoms with van der Waals surface area (Å²) in [5, 5.41) is 0. The topological polar surface area (TPSA) is 35.2 Å². The molecule has 0 spiro atoms. The fourth-order valence-electron chi connectivity index (χ4n) is 4.91. The molecule has 1 radical (unpaired) electrons. The molecule has 0 unspecified atom stereocenters. The monoisotopic (exact) mass is 348 g/mol. The summed E-state index contributed by atoms with van der Waals surface area (Å²) in [6.45, 7) is 4.45. The van der Waals surface area contributed by atoms with Crippen molar-refractivity contribution in [3.05, 3.63) is 52.6 Å². The molecular formula is C24H30NO. The molecule has 2 aromatic carbocycles. The lowest BCUT2D eigenvalue weighted by molar-refractivity contribution is 0.470. The highest BCUT2D eigenvalue weighted by Gasteiger charge is 2.27. The van der Waals surface area contributed by atoms with E-state index in [1.165, 1.54) is 73.6 Å². The molecule has 0 heterocycles. The summed E-state index contributed by atoms with van der Waals surface area (Å²) in [7, 11) is 0. The lowest BCUT2D eigenvalue weighted by atomic mass is 9.84. The molecule has 0 amide bonds. The molecule has 2 N–H and O–H groups in total. The Kier molecular flexibility index (Phi) is 4.93. The van der Waals surface area contributed by atoms with Gasteiger partial charge in [-0.15, -0.1) is 0 Å². The van der Waals surface area contributed by atoms with Gasteiger partial charge in [0.2, 0.25) is 0 Å². The molecule has 0 bridgehead atoms. The number of hydrogen-bond donors (Lipinski definition) is 1. The van der Waals surface area contributed by atoms with Crippen molar-refractivity contribution in [2.24, 2.45) is 0 Å². The van der Waals surface area contributed by atoms with Gasteiger partial charge in [0.05, 0.1) is 0 Å². The molecule has 137 valence electrons. The Morgan fingerprint density at radius 1 is 0.808 bits per heavy atom. The Bertz CT molecular complexity index is 726. The van der Waals surface area contributed by atoms with Crippen molar-refractivity contribution in [2.75, 3.05) is 5.73 Å². The van der Waals surface area contributed by atoms with Gasteiger partial charge in [0.1, 0.15) is 11.5 Å². The number of hydrogen-bond acceptors (Lipinski definition) is 2. The van der Waals surface area contributed by atoms with E-state index in [0.29, 0.717) is 11.8 Å². The van der Waals surface area contributed by atoms with Gasteiger partial charge >= 0.3 is 0 Å². The fourth-order valence-corrected chi connectivity index (χ4v) is 4.91. The average molecular weight is 349 g/mol. The lowest BCUT2D eigenvalue weighted by Gasteiger charge is -2.24. The molecule has 4 rings (SSSR count). The van der Waals surface area contributed by atoms with Crippen molar-refractivity contribution < 1.29 is 4.74 Å². The molecule has 2 heteroatoms. The summed E-state index contributed by atoms with van der Waals surface area (Å²) in [4.78, 5) is 0. The van der Waals surface area contributed by atoms with E-state index in [1.807, 2.05) is 24.3 Å². The van der Waals surface area contributed by atoms with Crippen LogP contribution in [-0.2, 0) is 0 Å². The van der Waals surface area contributed by atoms with Crippen LogP contribution < -0.4 is 10.5 Å². The highest BCUT2D eigenvalue weighted by atomic mass is 16.5. The van der Waals surface area contributed by atoms with E-state index in [1.54, 1.807) is 0 Å². The second-order valence-electron chi connectivity index (χ2n) is 8.17. The summed E-state index contributed by atoms with van der Waals surface area (Å²) in [6.07, 6.45) is 10.6. The van der Waals surface area contributed by atoms with E-state index < -0.39 is 0 Å². The summed E-state index contributed by atoms with van der Waals surface area (Å²) >= 11 is 0. The third-order valence-electron chi connectivity index (χ3n) is 6.39. The molecule has 2 aliphatic rings. The van der Waals surface area contributed by atoms with E-state index in [2.05, 4.69) is 19.9 Å². The van der Waals surface area contributed by atoms with Crippen LogP contribution in [0.5, 0.6) is 11.5 Å². The van der Waals surface area contributed by atoms with E-state index in [4.69, 9.17) is 10.5 Å². The van der Waals surface area contributed by atoms with Gasteiger partial charge in [-0.25, -0.2) is 0 Å². The Morgan fingerprint density at radius 3 is 1.73 bits per heavy atom. The standard InChI is InChI=1S/C24H30NO/c1-16-22(18-7-3-4-8-18)15-23(19-9-5-6-10-19)17(2)24(16)26-21-13-11-20(25)12-14-21/h11-14,18-19H,3-10,25H2,1-2H3. The number of nitrogens with two attached hydrogens (primary N) is 1. The second-order valence-corrected chi connectivity index (χ2v) is 8.17. The zero-order valence-electron chi connectivity index (χ0n) is 16.1. The van der Waals surface area contributed by atoms with Crippen LogP contribution in [-0.4, -0.2) is 0 Å². The highest BCUT2D eigenvalue weighted by Crippen LogP contribution is 2.45. The van der Waals surface area contributed by atoms with E-state index in [9.17, 15) is 0 Å². The van der Waals surface area contributed by atoms with Crippen LogP contribution in [0.15, 0.2) is 24.3 Å². The van der Waals surface area contributed by atoms with Crippen LogP contribution in [0.4, 0.5) is 5.69 Å². The maximum Gasteiger partial charge on any atom is 0.133 e. The first-order valence-corrected chi connectivity index (χ1v) is 10.2. The Labute approximate surface area is 157 Å². The van der Waals surface area contributed by atoms with Crippen LogP contribution >= 0.6 is 0 Å². The molecule has 2 saturated carbocycles. The summed E-state index contributed by atoms with van der Waals surface area (Å²) < 4.78 is 6.42. The molecule has 2 aliphatic carbocycles. The maximum atomic E-state index is 6.42. The van der Waals surface area contributed by atoms with E-state index in [-0.39, 0.29) is 0 Å². The van der Waals surface area contributed by atoms with E-state index >= 15 is 0 Å². The first-order chi connectivity index (χ1) is 12.6. The van der Waals surface area contributed by atoms with Crippen molar-refractivity contribution in [3.63, 3.8) is 0 Å². The molecule has 2 aromatic rings. The van der Waals surface area contributed by atoms with Crippen LogP contribution in [0.3, 0.4) is 0 Å². The normalized spacial score (nSPS) is 18.5. The van der Waals surface area contributed by atoms with Crippen LogP contribution in [0.1, 0.15) is 85.5 Å². The minimum Gasteiger partial charge on any atom is -0.457 e. The third kappa shape index (κ3) is 3.34. The zero-order chi connectivity index (χ0) is 18.1. The van der Waals surface area contributed by atoms with Crippen molar-refractivity contribution in [1.29, 1.82) is 0 Å². The summed E-state index contributed by atoms with van der Waals surface area (Å²) in [6, 6.07) is 11.7. The van der Waals surface area contributed by atoms with Crippen LogP contribution in [0.25, 0.3) is 0 Å². The van der Waals surface area contributed by atoms with Gasteiger partial charge in [-0.2, -0.15) is 0 Å².